The fourth-order valence-corrected chi connectivity index (χ4v) is 4.06. The highest BCUT2D eigenvalue weighted by Crippen LogP contribution is 2.40. The van der Waals surface area contributed by atoms with Crippen LogP contribution in [0.15, 0.2) is 78.9 Å². The Hall–Kier alpha value is -3.27. The number of rotatable bonds is 6. The minimum absolute atomic E-state index is 0.123. The molecule has 0 radical (unpaired) electrons. The molecule has 4 heteroatoms. The monoisotopic (exact) mass is 420 g/mol. The fourth-order valence-electron chi connectivity index (χ4n) is 4.06. The van der Waals surface area contributed by atoms with Crippen molar-refractivity contribution >= 4 is 10.8 Å². The molecule has 0 N–H and O–H groups in total. The van der Waals surface area contributed by atoms with Gasteiger partial charge in [0.1, 0.15) is 23.6 Å². The van der Waals surface area contributed by atoms with Crippen molar-refractivity contribution in [2.24, 2.45) is 0 Å². The molecule has 2 unspecified atom stereocenters. The molecule has 0 bridgehead atoms. The van der Waals surface area contributed by atoms with Crippen LogP contribution in [0.5, 0.6) is 5.75 Å². The molecule has 0 fully saturated rings. The van der Waals surface area contributed by atoms with Gasteiger partial charge in [0.25, 0.3) is 0 Å². The van der Waals surface area contributed by atoms with E-state index >= 15 is 4.39 Å². The second kappa shape index (κ2) is 8.84. The molecular formula is C27H23F3O. The molecule has 4 aromatic rings. The number of methoxy groups -OCH3 is 1. The number of ether oxygens (including phenoxy) is 1. The highest BCUT2D eigenvalue weighted by atomic mass is 19.1. The van der Waals surface area contributed by atoms with Crippen LogP contribution >= 0.6 is 0 Å². The Morgan fingerprint density at radius 3 is 2.03 bits per heavy atom. The Bertz CT molecular complexity index is 1180. The maximum absolute atomic E-state index is 15.5. The van der Waals surface area contributed by atoms with Crippen molar-refractivity contribution in [1.29, 1.82) is 0 Å². The van der Waals surface area contributed by atoms with Gasteiger partial charge in [-0.1, -0.05) is 55.5 Å². The summed E-state index contributed by atoms with van der Waals surface area (Å²) in [7, 11) is 1.53. The molecular weight excluding hydrogens is 397 g/mol. The number of benzene rings is 4. The molecule has 158 valence electrons. The van der Waals surface area contributed by atoms with Gasteiger partial charge in [0.2, 0.25) is 0 Å². The van der Waals surface area contributed by atoms with Gasteiger partial charge in [-0.2, -0.15) is 0 Å². The number of fused-ring (bicyclic) bond motifs is 1. The zero-order chi connectivity index (χ0) is 22.0. The van der Waals surface area contributed by atoms with Crippen molar-refractivity contribution in [2.75, 3.05) is 7.11 Å². The summed E-state index contributed by atoms with van der Waals surface area (Å²) in [5.74, 6) is -1.47. The standard InChI is InChI=1S/C27H23F3O/c1-3-23(27(30)20-9-8-17-6-4-5-7-19(17)14-20)21-15-24(28)26(25(29)16-21)18-10-12-22(31-2)13-11-18/h4-16,23,27H,3H2,1-2H3. The van der Waals surface area contributed by atoms with E-state index in [4.69, 9.17) is 4.74 Å². The summed E-state index contributed by atoms with van der Waals surface area (Å²) in [5, 5.41) is 1.96. The second-order valence-electron chi connectivity index (χ2n) is 7.61. The SMILES string of the molecule is CCC(c1cc(F)c(-c2ccc(OC)cc2)c(F)c1)C(F)c1ccc2ccccc2c1. The number of alkyl halides is 1. The first kappa shape index (κ1) is 21.0. The first-order valence-corrected chi connectivity index (χ1v) is 10.3. The van der Waals surface area contributed by atoms with Crippen molar-refractivity contribution < 1.29 is 17.9 Å². The van der Waals surface area contributed by atoms with Crippen LogP contribution in [0.25, 0.3) is 21.9 Å². The minimum Gasteiger partial charge on any atom is -0.497 e. The molecule has 0 spiro atoms. The molecule has 0 aliphatic rings. The predicted molar refractivity (Wildman–Crippen MR) is 119 cm³/mol. The van der Waals surface area contributed by atoms with E-state index in [2.05, 4.69) is 0 Å². The number of halogens is 3. The molecule has 0 amide bonds. The Labute approximate surface area is 180 Å². The van der Waals surface area contributed by atoms with E-state index in [0.29, 0.717) is 28.9 Å². The van der Waals surface area contributed by atoms with Crippen molar-refractivity contribution in [3.63, 3.8) is 0 Å². The fraction of sp³-hybridized carbons (Fsp3) is 0.185. The first-order valence-electron chi connectivity index (χ1n) is 10.3. The zero-order valence-corrected chi connectivity index (χ0v) is 17.4. The van der Waals surface area contributed by atoms with Crippen molar-refractivity contribution in [2.45, 2.75) is 25.4 Å². The van der Waals surface area contributed by atoms with E-state index in [0.717, 1.165) is 10.8 Å². The second-order valence-corrected chi connectivity index (χ2v) is 7.61. The van der Waals surface area contributed by atoms with Gasteiger partial charge in [-0.3, -0.25) is 0 Å². The molecule has 0 aliphatic heterocycles. The van der Waals surface area contributed by atoms with Crippen LogP contribution in [0.2, 0.25) is 0 Å². The van der Waals surface area contributed by atoms with Gasteiger partial charge >= 0.3 is 0 Å². The molecule has 0 aromatic heterocycles. The van der Waals surface area contributed by atoms with E-state index < -0.39 is 23.7 Å². The van der Waals surface area contributed by atoms with Gasteiger partial charge < -0.3 is 4.74 Å². The van der Waals surface area contributed by atoms with Gasteiger partial charge in [-0.25, -0.2) is 13.2 Å². The summed E-state index contributed by atoms with van der Waals surface area (Å²) < 4.78 is 50.5. The van der Waals surface area contributed by atoms with Crippen LogP contribution in [-0.2, 0) is 0 Å². The van der Waals surface area contributed by atoms with Crippen LogP contribution in [0.4, 0.5) is 13.2 Å². The van der Waals surface area contributed by atoms with Crippen LogP contribution < -0.4 is 4.74 Å². The maximum atomic E-state index is 15.5. The van der Waals surface area contributed by atoms with Gasteiger partial charge in [0.15, 0.2) is 0 Å². The van der Waals surface area contributed by atoms with Gasteiger partial charge in [-0.05, 0) is 64.2 Å². The molecule has 0 saturated carbocycles. The Kier molecular flexibility index (Phi) is 5.99. The third-order valence-electron chi connectivity index (χ3n) is 5.76. The summed E-state index contributed by atoms with van der Waals surface area (Å²) in [4.78, 5) is 0. The quantitative estimate of drug-likeness (QED) is 0.307. The van der Waals surface area contributed by atoms with Crippen molar-refractivity contribution in [3.8, 4) is 16.9 Å². The molecule has 4 aromatic carbocycles. The van der Waals surface area contributed by atoms with Gasteiger partial charge in [0, 0.05) is 5.92 Å². The summed E-state index contributed by atoms with van der Waals surface area (Å²) in [6.07, 6.45) is -0.963. The summed E-state index contributed by atoms with van der Waals surface area (Å²) in [6, 6.07) is 22.2. The lowest BCUT2D eigenvalue weighted by Gasteiger charge is -2.22. The van der Waals surface area contributed by atoms with E-state index in [1.165, 1.54) is 19.2 Å². The Morgan fingerprint density at radius 1 is 0.774 bits per heavy atom. The van der Waals surface area contributed by atoms with E-state index in [1.54, 1.807) is 36.4 Å². The van der Waals surface area contributed by atoms with E-state index in [9.17, 15) is 8.78 Å². The summed E-state index contributed by atoms with van der Waals surface area (Å²) in [6.45, 7) is 1.82. The van der Waals surface area contributed by atoms with Crippen LogP contribution in [0.1, 0.15) is 36.6 Å². The smallest absolute Gasteiger partial charge is 0.134 e. The van der Waals surface area contributed by atoms with Crippen LogP contribution in [-0.4, -0.2) is 7.11 Å². The van der Waals surface area contributed by atoms with Crippen molar-refractivity contribution in [1.82, 2.24) is 0 Å². The first-order chi connectivity index (χ1) is 15.0. The van der Waals surface area contributed by atoms with Crippen molar-refractivity contribution in [3.05, 3.63) is 102 Å². The predicted octanol–water partition coefficient (Wildman–Crippen LogP) is 8.00. The average molecular weight is 420 g/mol. The normalized spacial score (nSPS) is 13.2. The third-order valence-corrected chi connectivity index (χ3v) is 5.76. The topological polar surface area (TPSA) is 9.23 Å². The Morgan fingerprint density at radius 2 is 1.42 bits per heavy atom. The molecule has 31 heavy (non-hydrogen) atoms. The zero-order valence-electron chi connectivity index (χ0n) is 17.4. The lowest BCUT2D eigenvalue weighted by atomic mass is 9.86. The van der Waals surface area contributed by atoms with Crippen LogP contribution in [0.3, 0.4) is 0 Å². The third kappa shape index (κ3) is 4.15. The molecule has 4 rings (SSSR count). The van der Waals surface area contributed by atoms with E-state index in [-0.39, 0.29) is 5.56 Å². The highest BCUT2D eigenvalue weighted by molar-refractivity contribution is 5.83. The molecule has 1 nitrogen and oxygen atoms in total. The minimum atomic E-state index is -1.37. The average Bonchev–Trinajstić information content (AvgIpc) is 2.79. The highest BCUT2D eigenvalue weighted by Gasteiger charge is 2.26. The van der Waals surface area contributed by atoms with E-state index in [1.807, 2.05) is 37.3 Å². The molecule has 2 atom stereocenters. The molecule has 0 saturated heterocycles. The maximum Gasteiger partial charge on any atom is 0.134 e. The van der Waals surface area contributed by atoms with Crippen LogP contribution in [0, 0.1) is 11.6 Å². The molecule has 0 heterocycles. The summed E-state index contributed by atoms with van der Waals surface area (Å²) in [5.41, 5.74) is 1.10. The lowest BCUT2D eigenvalue weighted by molar-refractivity contribution is 0.282. The lowest BCUT2D eigenvalue weighted by Crippen LogP contribution is -2.08. The number of hydrogen-bond acceptors (Lipinski definition) is 1. The molecule has 0 aliphatic carbocycles. The van der Waals surface area contributed by atoms with Gasteiger partial charge in [0.05, 0.1) is 12.7 Å². The Balaban J connectivity index is 1.69. The summed E-state index contributed by atoms with van der Waals surface area (Å²) >= 11 is 0. The van der Waals surface area contributed by atoms with Gasteiger partial charge in [-0.15, -0.1) is 0 Å². The number of hydrogen-bond donors (Lipinski definition) is 0. The largest absolute Gasteiger partial charge is 0.497 e.